The summed E-state index contributed by atoms with van der Waals surface area (Å²) in [7, 11) is 0. The first kappa shape index (κ1) is 20.7. The average molecular weight is 352 g/mol. The monoisotopic (exact) mass is 352 g/mol. The molecule has 0 unspecified atom stereocenters. The fourth-order valence-electron chi connectivity index (χ4n) is 1.99. The van der Waals surface area contributed by atoms with E-state index >= 15 is 0 Å². The third-order valence-corrected chi connectivity index (χ3v) is 3.04. The smallest absolute Gasteiger partial charge is 0.407 e. The summed E-state index contributed by atoms with van der Waals surface area (Å²) in [6.07, 6.45) is 0.0788. The maximum atomic E-state index is 13.6. The van der Waals surface area contributed by atoms with Crippen LogP contribution in [0.4, 0.5) is 9.18 Å². The second kappa shape index (κ2) is 10.5. The van der Waals surface area contributed by atoms with Crippen LogP contribution in [-0.4, -0.2) is 43.8 Å². The Hall–Kier alpha value is -2.31. The molecule has 0 aliphatic carbocycles. The molecule has 6 nitrogen and oxygen atoms in total. The van der Waals surface area contributed by atoms with Gasteiger partial charge < -0.3 is 20.7 Å². The van der Waals surface area contributed by atoms with E-state index in [0.29, 0.717) is 44.1 Å². The van der Waals surface area contributed by atoms with Gasteiger partial charge >= 0.3 is 6.09 Å². The molecule has 0 saturated carbocycles. The minimum absolute atomic E-state index is 0.211. The van der Waals surface area contributed by atoms with Gasteiger partial charge in [0.2, 0.25) is 0 Å². The molecule has 1 amide bonds. The molecule has 0 fully saturated rings. The van der Waals surface area contributed by atoms with Crippen LogP contribution in [0.5, 0.6) is 0 Å². The second-order valence-corrected chi connectivity index (χ2v) is 6.46. The highest BCUT2D eigenvalue weighted by Gasteiger charge is 2.15. The predicted octanol–water partition coefficient (Wildman–Crippen LogP) is 2.45. The molecule has 0 aliphatic heterocycles. The highest BCUT2D eigenvalue weighted by atomic mass is 19.1. The highest BCUT2D eigenvalue weighted by Crippen LogP contribution is 2.07. The summed E-state index contributed by atoms with van der Waals surface area (Å²) in [5.74, 6) is 0.419. The summed E-state index contributed by atoms with van der Waals surface area (Å²) in [5.41, 5.74) is 0.134. The number of benzene rings is 1. The molecular weight excluding hydrogens is 323 g/mol. The molecule has 0 atom stereocenters. The van der Waals surface area contributed by atoms with Crippen LogP contribution < -0.4 is 16.0 Å². The quantitative estimate of drug-likeness (QED) is 0.400. The minimum Gasteiger partial charge on any atom is -0.444 e. The van der Waals surface area contributed by atoms with Crippen LogP contribution in [-0.2, 0) is 11.2 Å². The molecular formula is C18H29FN4O2. The Kier molecular flexibility index (Phi) is 8.74. The number of ether oxygens (including phenoxy) is 1. The molecule has 1 aromatic carbocycles. The number of hydrogen-bond acceptors (Lipinski definition) is 3. The van der Waals surface area contributed by atoms with E-state index in [2.05, 4.69) is 20.9 Å². The van der Waals surface area contributed by atoms with Gasteiger partial charge in [-0.3, -0.25) is 4.99 Å². The van der Waals surface area contributed by atoms with Crippen LogP contribution >= 0.6 is 0 Å². The van der Waals surface area contributed by atoms with Gasteiger partial charge in [0.05, 0.1) is 0 Å². The second-order valence-electron chi connectivity index (χ2n) is 6.46. The number of nitrogens with one attached hydrogen (secondary N) is 3. The molecule has 0 radical (unpaired) electrons. The maximum Gasteiger partial charge on any atom is 0.407 e. The van der Waals surface area contributed by atoms with Gasteiger partial charge in [0, 0.05) is 26.2 Å². The van der Waals surface area contributed by atoms with Gasteiger partial charge in [-0.2, -0.15) is 0 Å². The molecule has 3 N–H and O–H groups in total. The van der Waals surface area contributed by atoms with Crippen LogP contribution in [0.1, 0.15) is 33.3 Å². The van der Waals surface area contributed by atoms with E-state index in [-0.39, 0.29) is 5.82 Å². The van der Waals surface area contributed by atoms with Crippen LogP contribution in [0.3, 0.4) is 0 Å². The molecule has 0 heterocycles. The van der Waals surface area contributed by atoms with Crippen LogP contribution in [0, 0.1) is 5.82 Å². The van der Waals surface area contributed by atoms with Crippen molar-refractivity contribution in [2.45, 2.75) is 39.7 Å². The van der Waals surface area contributed by atoms with Gasteiger partial charge in [-0.25, -0.2) is 9.18 Å². The van der Waals surface area contributed by atoms with Crippen molar-refractivity contribution in [3.8, 4) is 0 Å². The van der Waals surface area contributed by atoms with Crippen molar-refractivity contribution in [1.82, 2.24) is 16.0 Å². The Morgan fingerprint density at radius 3 is 2.48 bits per heavy atom. The third kappa shape index (κ3) is 9.54. The molecule has 1 aromatic rings. The number of carbonyl (C=O) groups excluding carboxylic acids is 1. The van der Waals surface area contributed by atoms with Crippen molar-refractivity contribution in [2.24, 2.45) is 4.99 Å². The van der Waals surface area contributed by atoms with Crippen molar-refractivity contribution < 1.29 is 13.9 Å². The average Bonchev–Trinajstić information content (AvgIpc) is 2.51. The lowest BCUT2D eigenvalue weighted by atomic mass is 10.1. The SMILES string of the molecule is CCNC(=NCCc1ccccc1F)NCCNC(=O)OC(C)(C)C. The summed E-state index contributed by atoms with van der Waals surface area (Å²) >= 11 is 0. The van der Waals surface area contributed by atoms with E-state index in [4.69, 9.17) is 4.74 Å². The zero-order valence-corrected chi connectivity index (χ0v) is 15.5. The summed E-state index contributed by atoms with van der Waals surface area (Å²) < 4.78 is 18.7. The van der Waals surface area contributed by atoms with Crippen molar-refractivity contribution in [3.05, 3.63) is 35.6 Å². The molecule has 0 saturated heterocycles. The molecule has 0 aliphatic rings. The number of carbonyl (C=O) groups is 1. The number of hydrogen-bond donors (Lipinski definition) is 3. The summed E-state index contributed by atoms with van der Waals surface area (Å²) in [6, 6.07) is 6.69. The fourth-order valence-corrected chi connectivity index (χ4v) is 1.99. The Morgan fingerprint density at radius 2 is 1.84 bits per heavy atom. The molecule has 7 heteroatoms. The molecule has 25 heavy (non-hydrogen) atoms. The Morgan fingerprint density at radius 1 is 1.16 bits per heavy atom. The van der Waals surface area contributed by atoms with E-state index in [9.17, 15) is 9.18 Å². The lowest BCUT2D eigenvalue weighted by Crippen LogP contribution is -2.42. The van der Waals surface area contributed by atoms with Gasteiger partial charge in [0.15, 0.2) is 5.96 Å². The van der Waals surface area contributed by atoms with Gasteiger partial charge in [-0.1, -0.05) is 18.2 Å². The van der Waals surface area contributed by atoms with Gasteiger partial charge in [-0.15, -0.1) is 0 Å². The number of nitrogens with zero attached hydrogens (tertiary/aromatic N) is 1. The zero-order chi connectivity index (χ0) is 18.7. The molecule has 0 aromatic heterocycles. The van der Waals surface area contributed by atoms with E-state index in [1.807, 2.05) is 33.8 Å². The van der Waals surface area contributed by atoms with Gasteiger partial charge in [-0.05, 0) is 45.7 Å². The molecule has 140 valence electrons. The minimum atomic E-state index is -0.513. The third-order valence-electron chi connectivity index (χ3n) is 3.04. The van der Waals surface area contributed by atoms with E-state index < -0.39 is 11.7 Å². The van der Waals surface area contributed by atoms with E-state index in [1.54, 1.807) is 12.1 Å². The maximum absolute atomic E-state index is 13.6. The standard InChI is InChI=1S/C18H29FN4O2/c1-5-20-16(21-11-10-14-8-6-7-9-15(14)19)22-12-13-23-17(24)25-18(2,3)4/h6-9H,5,10-13H2,1-4H3,(H,23,24)(H2,20,21,22). The molecule has 0 spiro atoms. The first-order chi connectivity index (χ1) is 11.8. The first-order valence-corrected chi connectivity index (χ1v) is 8.54. The zero-order valence-electron chi connectivity index (χ0n) is 15.5. The summed E-state index contributed by atoms with van der Waals surface area (Å²) in [4.78, 5) is 16.0. The largest absolute Gasteiger partial charge is 0.444 e. The number of halogens is 1. The summed E-state index contributed by atoms with van der Waals surface area (Å²) in [5, 5.41) is 8.90. The van der Waals surface area contributed by atoms with Crippen LogP contribution in [0.15, 0.2) is 29.3 Å². The first-order valence-electron chi connectivity index (χ1n) is 8.54. The number of rotatable bonds is 7. The lowest BCUT2D eigenvalue weighted by molar-refractivity contribution is 0.0529. The predicted molar refractivity (Wildman–Crippen MR) is 98.3 cm³/mol. The number of guanidine groups is 1. The Balaban J connectivity index is 2.36. The van der Waals surface area contributed by atoms with Crippen molar-refractivity contribution in [3.63, 3.8) is 0 Å². The van der Waals surface area contributed by atoms with Crippen LogP contribution in [0.25, 0.3) is 0 Å². The van der Waals surface area contributed by atoms with Crippen molar-refractivity contribution >= 4 is 12.1 Å². The molecule has 1 rings (SSSR count). The number of aliphatic imine (C=N–C) groups is 1. The highest BCUT2D eigenvalue weighted by molar-refractivity contribution is 5.79. The van der Waals surface area contributed by atoms with Gasteiger partial charge in [0.1, 0.15) is 11.4 Å². The Bertz CT molecular complexity index is 570. The normalized spacial score (nSPS) is 11.8. The fraction of sp³-hybridized carbons (Fsp3) is 0.556. The van der Waals surface area contributed by atoms with Crippen molar-refractivity contribution in [1.29, 1.82) is 0 Å². The molecule has 0 bridgehead atoms. The number of alkyl carbamates (subject to hydrolysis) is 1. The number of amides is 1. The Labute approximate surface area is 149 Å². The van der Waals surface area contributed by atoms with Gasteiger partial charge in [0.25, 0.3) is 0 Å². The van der Waals surface area contributed by atoms with E-state index in [0.717, 1.165) is 0 Å². The lowest BCUT2D eigenvalue weighted by Gasteiger charge is -2.19. The van der Waals surface area contributed by atoms with Crippen LogP contribution in [0.2, 0.25) is 0 Å². The topological polar surface area (TPSA) is 74.8 Å². The summed E-state index contributed by atoms with van der Waals surface area (Å²) in [6.45, 7) is 9.51. The van der Waals surface area contributed by atoms with E-state index in [1.165, 1.54) is 6.07 Å². The van der Waals surface area contributed by atoms with Crippen molar-refractivity contribution in [2.75, 3.05) is 26.2 Å².